The molecule has 0 aromatic rings. The molecule has 0 aliphatic carbocycles. The Morgan fingerprint density at radius 1 is 1.17 bits per heavy atom. The topological polar surface area (TPSA) is 0 Å². The van der Waals surface area contributed by atoms with E-state index in [2.05, 4.69) is 41.5 Å². The van der Waals surface area contributed by atoms with Gasteiger partial charge in [0.25, 0.3) is 0 Å². The molecule has 0 amide bonds. The smallest absolute Gasteiger partial charge is 0.00729 e. The maximum Gasteiger partial charge on any atom is 0.00729 e. The molecule has 0 bridgehead atoms. The fourth-order valence-corrected chi connectivity index (χ4v) is 2.49. The van der Waals surface area contributed by atoms with Crippen molar-refractivity contribution in [2.24, 2.45) is 17.3 Å². The molecule has 0 N–H and O–H groups in total. The standard InChI is InChI=1S/C11H24S/c1-7-9(11(4,5)6)10(12)8(2)3/h8-10,12H,7H2,1-6H3. The van der Waals surface area contributed by atoms with Crippen molar-refractivity contribution in [3.63, 3.8) is 0 Å². The minimum Gasteiger partial charge on any atom is -0.175 e. The van der Waals surface area contributed by atoms with E-state index in [0.29, 0.717) is 16.6 Å². The largest absolute Gasteiger partial charge is 0.175 e. The molecule has 12 heavy (non-hydrogen) atoms. The van der Waals surface area contributed by atoms with E-state index in [9.17, 15) is 0 Å². The molecule has 0 nitrogen and oxygen atoms in total. The minimum absolute atomic E-state index is 0.394. The number of hydrogen-bond acceptors (Lipinski definition) is 1. The van der Waals surface area contributed by atoms with Crippen LogP contribution in [0.15, 0.2) is 0 Å². The number of rotatable bonds is 3. The third kappa shape index (κ3) is 3.38. The molecule has 0 spiro atoms. The van der Waals surface area contributed by atoms with Crippen LogP contribution in [-0.4, -0.2) is 5.25 Å². The van der Waals surface area contributed by atoms with Gasteiger partial charge in [-0.25, -0.2) is 0 Å². The molecular weight excluding hydrogens is 164 g/mol. The van der Waals surface area contributed by atoms with Crippen LogP contribution >= 0.6 is 12.6 Å². The van der Waals surface area contributed by atoms with Crippen molar-refractivity contribution in [3.8, 4) is 0 Å². The summed E-state index contributed by atoms with van der Waals surface area (Å²) in [5.41, 5.74) is 0.394. The molecule has 0 aromatic heterocycles. The zero-order chi connectivity index (χ0) is 9.94. The quantitative estimate of drug-likeness (QED) is 0.636. The summed E-state index contributed by atoms with van der Waals surface area (Å²) < 4.78 is 0. The van der Waals surface area contributed by atoms with Crippen LogP contribution in [0.25, 0.3) is 0 Å². The Kier molecular flexibility index (Phi) is 4.68. The molecule has 2 atom stereocenters. The van der Waals surface area contributed by atoms with Crippen molar-refractivity contribution in [3.05, 3.63) is 0 Å². The molecule has 2 unspecified atom stereocenters. The Labute approximate surface area is 83.5 Å². The molecule has 0 aliphatic rings. The highest BCUT2D eigenvalue weighted by Crippen LogP contribution is 2.36. The third-order valence-electron chi connectivity index (χ3n) is 2.65. The zero-order valence-electron chi connectivity index (χ0n) is 9.39. The van der Waals surface area contributed by atoms with Crippen LogP contribution in [0.1, 0.15) is 48.0 Å². The van der Waals surface area contributed by atoms with Gasteiger partial charge in [0, 0.05) is 5.25 Å². The van der Waals surface area contributed by atoms with Crippen molar-refractivity contribution in [1.82, 2.24) is 0 Å². The first-order valence-electron chi connectivity index (χ1n) is 4.98. The highest BCUT2D eigenvalue weighted by molar-refractivity contribution is 7.81. The van der Waals surface area contributed by atoms with Crippen molar-refractivity contribution in [2.45, 2.75) is 53.2 Å². The van der Waals surface area contributed by atoms with Gasteiger partial charge in [0.1, 0.15) is 0 Å². The molecular formula is C11H24S. The lowest BCUT2D eigenvalue weighted by atomic mass is 9.74. The molecule has 1 heteroatoms. The normalized spacial score (nSPS) is 18.0. The summed E-state index contributed by atoms with van der Waals surface area (Å²) in [5.74, 6) is 1.40. The molecule has 0 rings (SSSR count). The first kappa shape index (κ1) is 12.3. The molecule has 74 valence electrons. The van der Waals surface area contributed by atoms with Gasteiger partial charge < -0.3 is 0 Å². The molecule has 0 radical (unpaired) electrons. The van der Waals surface area contributed by atoms with E-state index in [1.807, 2.05) is 0 Å². The van der Waals surface area contributed by atoms with Crippen LogP contribution in [0.2, 0.25) is 0 Å². The summed E-state index contributed by atoms with van der Waals surface area (Å²) in [6.45, 7) is 13.7. The van der Waals surface area contributed by atoms with Crippen LogP contribution in [0.3, 0.4) is 0 Å². The van der Waals surface area contributed by atoms with Gasteiger partial charge in [-0.15, -0.1) is 0 Å². The Balaban J connectivity index is 4.35. The van der Waals surface area contributed by atoms with Gasteiger partial charge in [-0.2, -0.15) is 12.6 Å². The van der Waals surface area contributed by atoms with Gasteiger partial charge in [-0.05, 0) is 17.3 Å². The average molecular weight is 188 g/mol. The fourth-order valence-electron chi connectivity index (χ4n) is 1.83. The first-order chi connectivity index (χ1) is 5.30. The monoisotopic (exact) mass is 188 g/mol. The van der Waals surface area contributed by atoms with E-state index < -0.39 is 0 Å². The van der Waals surface area contributed by atoms with Crippen molar-refractivity contribution >= 4 is 12.6 Å². The van der Waals surface area contributed by atoms with Crippen LogP contribution in [-0.2, 0) is 0 Å². The predicted molar refractivity (Wildman–Crippen MR) is 60.8 cm³/mol. The van der Waals surface area contributed by atoms with E-state index in [1.54, 1.807) is 0 Å². The summed E-state index contributed by atoms with van der Waals surface area (Å²) in [6.07, 6.45) is 1.23. The first-order valence-corrected chi connectivity index (χ1v) is 5.50. The Morgan fingerprint density at radius 2 is 1.58 bits per heavy atom. The lowest BCUT2D eigenvalue weighted by molar-refractivity contribution is 0.207. The number of thiol groups is 1. The molecule has 0 fully saturated rings. The Bertz CT molecular complexity index is 121. The van der Waals surface area contributed by atoms with Gasteiger partial charge in [0.05, 0.1) is 0 Å². The maximum atomic E-state index is 4.69. The van der Waals surface area contributed by atoms with Crippen LogP contribution in [0, 0.1) is 17.3 Å². The second-order valence-corrected chi connectivity index (χ2v) is 5.71. The predicted octanol–water partition coefficient (Wildman–Crippen LogP) is 4.01. The number of hydrogen-bond donors (Lipinski definition) is 1. The summed E-state index contributed by atoms with van der Waals surface area (Å²) in [4.78, 5) is 0. The summed E-state index contributed by atoms with van der Waals surface area (Å²) in [5, 5.41) is 0.537. The summed E-state index contributed by atoms with van der Waals surface area (Å²) in [7, 11) is 0. The van der Waals surface area contributed by atoms with E-state index in [4.69, 9.17) is 12.6 Å². The van der Waals surface area contributed by atoms with E-state index in [0.717, 1.165) is 5.92 Å². The molecule has 0 heterocycles. The second-order valence-electron chi connectivity index (χ2n) is 5.12. The van der Waals surface area contributed by atoms with Crippen LogP contribution in [0.4, 0.5) is 0 Å². The summed E-state index contributed by atoms with van der Waals surface area (Å²) in [6, 6.07) is 0. The van der Waals surface area contributed by atoms with Crippen LogP contribution in [0.5, 0.6) is 0 Å². The average Bonchev–Trinajstić information content (AvgIpc) is 1.85. The van der Waals surface area contributed by atoms with Crippen molar-refractivity contribution in [1.29, 1.82) is 0 Å². The molecule has 0 saturated heterocycles. The molecule has 0 aliphatic heterocycles. The zero-order valence-corrected chi connectivity index (χ0v) is 10.3. The van der Waals surface area contributed by atoms with E-state index in [1.165, 1.54) is 6.42 Å². The van der Waals surface area contributed by atoms with Gasteiger partial charge in [-0.1, -0.05) is 48.0 Å². The van der Waals surface area contributed by atoms with Gasteiger partial charge in [0.15, 0.2) is 0 Å². The molecule has 0 aromatic carbocycles. The highest BCUT2D eigenvalue weighted by Gasteiger charge is 2.29. The highest BCUT2D eigenvalue weighted by atomic mass is 32.1. The lowest BCUT2D eigenvalue weighted by Crippen LogP contribution is -2.31. The van der Waals surface area contributed by atoms with Gasteiger partial charge >= 0.3 is 0 Å². The Morgan fingerprint density at radius 3 is 1.67 bits per heavy atom. The van der Waals surface area contributed by atoms with Crippen LogP contribution < -0.4 is 0 Å². The van der Waals surface area contributed by atoms with E-state index >= 15 is 0 Å². The van der Waals surface area contributed by atoms with Crippen molar-refractivity contribution < 1.29 is 0 Å². The van der Waals surface area contributed by atoms with Crippen molar-refractivity contribution in [2.75, 3.05) is 0 Å². The second kappa shape index (κ2) is 4.55. The van der Waals surface area contributed by atoms with E-state index in [-0.39, 0.29) is 0 Å². The summed E-state index contributed by atoms with van der Waals surface area (Å²) >= 11 is 4.69. The molecule has 0 saturated carbocycles. The maximum absolute atomic E-state index is 4.69. The SMILES string of the molecule is CCC(C(S)C(C)C)C(C)(C)C. The Hall–Kier alpha value is 0.350. The van der Waals surface area contributed by atoms with Gasteiger partial charge in [-0.3, -0.25) is 0 Å². The minimum atomic E-state index is 0.394. The third-order valence-corrected chi connectivity index (χ3v) is 3.60. The fraction of sp³-hybridized carbons (Fsp3) is 1.00. The van der Waals surface area contributed by atoms with Gasteiger partial charge in [0.2, 0.25) is 0 Å². The lowest BCUT2D eigenvalue weighted by Gasteiger charge is -2.36.